The first-order valence-corrected chi connectivity index (χ1v) is 6.21. The maximum atomic E-state index is 6.18. The van der Waals surface area contributed by atoms with Gasteiger partial charge in [0.25, 0.3) is 0 Å². The normalized spacial score (nSPS) is 39.9. The van der Waals surface area contributed by atoms with Crippen molar-refractivity contribution < 1.29 is 0 Å². The van der Waals surface area contributed by atoms with Crippen molar-refractivity contribution in [3.05, 3.63) is 0 Å². The molecule has 0 bridgehead atoms. The van der Waals surface area contributed by atoms with Gasteiger partial charge in [0.15, 0.2) is 0 Å². The third kappa shape index (κ3) is 1.82. The Morgan fingerprint density at radius 2 is 1.93 bits per heavy atom. The smallest absolute Gasteiger partial charge is 0.0250 e. The number of likely N-dealkylation sites (tertiary alicyclic amines) is 1. The molecule has 2 aliphatic rings. The van der Waals surface area contributed by atoms with Crippen LogP contribution in [0.5, 0.6) is 0 Å². The zero-order valence-corrected chi connectivity index (χ0v) is 9.58. The van der Waals surface area contributed by atoms with E-state index >= 15 is 0 Å². The average molecular weight is 196 g/mol. The van der Waals surface area contributed by atoms with Gasteiger partial charge in [0.1, 0.15) is 0 Å². The first-order chi connectivity index (χ1) is 6.70. The van der Waals surface area contributed by atoms with Gasteiger partial charge in [-0.25, -0.2) is 0 Å². The molecule has 1 aliphatic heterocycles. The fourth-order valence-electron chi connectivity index (χ4n) is 3.32. The Morgan fingerprint density at radius 1 is 1.14 bits per heavy atom. The first kappa shape index (κ1) is 10.4. The van der Waals surface area contributed by atoms with Crippen LogP contribution in [0.2, 0.25) is 0 Å². The van der Waals surface area contributed by atoms with Crippen LogP contribution in [0.15, 0.2) is 0 Å². The molecule has 2 fully saturated rings. The summed E-state index contributed by atoms with van der Waals surface area (Å²) in [6.45, 7) is 5.99. The van der Waals surface area contributed by atoms with Gasteiger partial charge in [-0.3, -0.25) is 4.90 Å². The molecule has 2 rings (SSSR count). The second-order valence-corrected chi connectivity index (χ2v) is 5.35. The lowest BCUT2D eigenvalue weighted by molar-refractivity contribution is 0.138. The van der Waals surface area contributed by atoms with E-state index in [4.69, 9.17) is 5.73 Å². The van der Waals surface area contributed by atoms with Gasteiger partial charge in [0, 0.05) is 18.1 Å². The lowest BCUT2D eigenvalue weighted by Gasteiger charge is -2.35. The topological polar surface area (TPSA) is 29.3 Å². The Hall–Kier alpha value is -0.0800. The molecule has 0 aromatic rings. The summed E-state index contributed by atoms with van der Waals surface area (Å²) < 4.78 is 0. The molecule has 1 saturated carbocycles. The van der Waals surface area contributed by atoms with Crippen LogP contribution >= 0.6 is 0 Å². The van der Waals surface area contributed by atoms with Crippen LogP contribution in [0.25, 0.3) is 0 Å². The summed E-state index contributed by atoms with van der Waals surface area (Å²) in [4.78, 5) is 2.71. The summed E-state index contributed by atoms with van der Waals surface area (Å²) in [6.07, 6.45) is 6.69. The van der Waals surface area contributed by atoms with Crippen LogP contribution in [-0.2, 0) is 0 Å². The van der Waals surface area contributed by atoms with Crippen LogP contribution in [0.4, 0.5) is 0 Å². The van der Waals surface area contributed by atoms with Gasteiger partial charge in [-0.2, -0.15) is 0 Å². The molecule has 82 valence electrons. The fourth-order valence-corrected chi connectivity index (χ4v) is 3.32. The van der Waals surface area contributed by atoms with E-state index in [1.54, 1.807) is 0 Å². The molecule has 0 radical (unpaired) electrons. The number of hydrogen-bond acceptors (Lipinski definition) is 2. The van der Waals surface area contributed by atoms with Crippen molar-refractivity contribution in [2.75, 3.05) is 6.54 Å². The second kappa shape index (κ2) is 4.19. The van der Waals surface area contributed by atoms with E-state index in [1.807, 2.05) is 0 Å². The van der Waals surface area contributed by atoms with Crippen molar-refractivity contribution in [1.29, 1.82) is 0 Å². The highest BCUT2D eigenvalue weighted by atomic mass is 15.2. The Bertz CT molecular complexity index is 191. The molecule has 0 aromatic carbocycles. The van der Waals surface area contributed by atoms with Crippen LogP contribution in [0.1, 0.15) is 46.0 Å². The molecule has 0 amide bonds. The Balaban J connectivity index is 2.01. The van der Waals surface area contributed by atoms with Gasteiger partial charge in [0.05, 0.1) is 0 Å². The van der Waals surface area contributed by atoms with Crippen molar-refractivity contribution in [2.24, 2.45) is 11.7 Å². The monoisotopic (exact) mass is 196 g/mol. The van der Waals surface area contributed by atoms with E-state index in [0.29, 0.717) is 12.1 Å². The summed E-state index contributed by atoms with van der Waals surface area (Å²) in [5, 5.41) is 0. The Morgan fingerprint density at radius 3 is 2.50 bits per heavy atom. The van der Waals surface area contributed by atoms with E-state index in [2.05, 4.69) is 18.7 Å². The highest BCUT2D eigenvalue weighted by Crippen LogP contribution is 2.32. The molecular weight excluding hydrogens is 172 g/mol. The van der Waals surface area contributed by atoms with Gasteiger partial charge in [-0.05, 0) is 38.1 Å². The molecule has 2 heteroatoms. The maximum absolute atomic E-state index is 6.18. The highest BCUT2D eigenvalue weighted by Gasteiger charge is 2.37. The summed E-state index contributed by atoms with van der Waals surface area (Å²) in [5.74, 6) is 0.797. The summed E-state index contributed by atoms with van der Waals surface area (Å²) in [6, 6.07) is 1.96. The van der Waals surface area contributed by atoms with Crippen molar-refractivity contribution in [3.63, 3.8) is 0 Å². The van der Waals surface area contributed by atoms with Crippen LogP contribution < -0.4 is 5.73 Å². The molecule has 0 aromatic heterocycles. The van der Waals surface area contributed by atoms with Crippen molar-refractivity contribution in [1.82, 2.24) is 4.90 Å². The minimum absolute atomic E-state index is 0.453. The molecule has 3 unspecified atom stereocenters. The fraction of sp³-hybridized carbons (Fsp3) is 1.00. The highest BCUT2D eigenvalue weighted by molar-refractivity contribution is 4.94. The third-order valence-electron chi connectivity index (χ3n) is 4.07. The Labute approximate surface area is 87.8 Å². The predicted octanol–water partition coefficient (Wildman–Crippen LogP) is 1.99. The number of nitrogens with two attached hydrogens (primary N) is 1. The van der Waals surface area contributed by atoms with Gasteiger partial charge < -0.3 is 5.73 Å². The number of nitrogens with zero attached hydrogens (tertiary/aromatic N) is 1. The van der Waals surface area contributed by atoms with Gasteiger partial charge >= 0.3 is 0 Å². The van der Waals surface area contributed by atoms with Crippen molar-refractivity contribution >= 4 is 0 Å². The summed E-state index contributed by atoms with van der Waals surface area (Å²) >= 11 is 0. The van der Waals surface area contributed by atoms with E-state index in [0.717, 1.165) is 12.0 Å². The third-order valence-corrected chi connectivity index (χ3v) is 4.07. The molecule has 1 aliphatic carbocycles. The molecular formula is C12H24N2. The molecule has 3 atom stereocenters. The van der Waals surface area contributed by atoms with Gasteiger partial charge in [0.2, 0.25) is 0 Å². The summed E-state index contributed by atoms with van der Waals surface area (Å²) in [7, 11) is 0. The molecule has 1 heterocycles. The largest absolute Gasteiger partial charge is 0.326 e. The van der Waals surface area contributed by atoms with Gasteiger partial charge in [-0.15, -0.1) is 0 Å². The van der Waals surface area contributed by atoms with E-state index in [-0.39, 0.29) is 0 Å². The standard InChI is InChI=1S/C12H24N2/c1-9(2)11-7-4-8-14(11)12-6-3-5-10(12)13/h9-12H,3-8,13H2,1-2H3. The van der Waals surface area contributed by atoms with E-state index in [9.17, 15) is 0 Å². The SMILES string of the molecule is CC(C)C1CCCN1C1CCCC1N. The number of hydrogen-bond donors (Lipinski definition) is 1. The van der Waals surface area contributed by atoms with Crippen molar-refractivity contribution in [2.45, 2.75) is 64.1 Å². The predicted molar refractivity (Wildman–Crippen MR) is 60.2 cm³/mol. The first-order valence-electron chi connectivity index (χ1n) is 6.21. The zero-order valence-electron chi connectivity index (χ0n) is 9.58. The minimum Gasteiger partial charge on any atom is -0.326 e. The van der Waals surface area contributed by atoms with E-state index < -0.39 is 0 Å². The molecule has 1 saturated heterocycles. The lowest BCUT2D eigenvalue weighted by atomic mass is 10.00. The van der Waals surface area contributed by atoms with Crippen molar-refractivity contribution in [3.8, 4) is 0 Å². The molecule has 0 spiro atoms. The quantitative estimate of drug-likeness (QED) is 0.732. The average Bonchev–Trinajstić information content (AvgIpc) is 2.70. The second-order valence-electron chi connectivity index (χ2n) is 5.35. The zero-order chi connectivity index (χ0) is 10.1. The number of rotatable bonds is 2. The van der Waals surface area contributed by atoms with Crippen LogP contribution in [-0.4, -0.2) is 29.6 Å². The van der Waals surface area contributed by atoms with E-state index in [1.165, 1.54) is 38.6 Å². The maximum Gasteiger partial charge on any atom is 0.0250 e. The minimum atomic E-state index is 0.453. The summed E-state index contributed by atoms with van der Waals surface area (Å²) in [5.41, 5.74) is 6.18. The molecule has 14 heavy (non-hydrogen) atoms. The van der Waals surface area contributed by atoms with Crippen LogP contribution in [0, 0.1) is 5.92 Å². The van der Waals surface area contributed by atoms with Gasteiger partial charge in [-0.1, -0.05) is 20.3 Å². The van der Waals surface area contributed by atoms with Crippen LogP contribution in [0.3, 0.4) is 0 Å². The molecule has 2 N–H and O–H groups in total. The molecule has 2 nitrogen and oxygen atoms in total. The Kier molecular flexibility index (Phi) is 3.13. The lowest BCUT2D eigenvalue weighted by Crippen LogP contribution is -2.48.